The molecule has 1 aliphatic heterocycles. The smallest absolute Gasteiger partial charge is 0.254 e. The molecule has 90 valence electrons. The first-order valence-corrected chi connectivity index (χ1v) is 7.12. The Labute approximate surface area is 94.3 Å². The molecule has 16 heavy (non-hydrogen) atoms. The molecule has 0 atom stereocenters. The number of aliphatic imine (C=N–C) groups is 1. The third kappa shape index (κ3) is 2.01. The number of amidine groups is 1. The maximum Gasteiger partial charge on any atom is 0.254 e. The first kappa shape index (κ1) is 12.9. The van der Waals surface area contributed by atoms with E-state index in [9.17, 15) is 16.8 Å². The normalized spacial score (nSPS) is 18.3. The molecule has 0 saturated heterocycles. The molecule has 0 aromatic carbocycles. The van der Waals surface area contributed by atoms with E-state index in [1.807, 2.05) is 0 Å². The standard InChI is InChI=1S/C7H11N3O4S2/c1-4-15(11,12)7-8-6-10(9(7)3)16(13,14)5-2/h4-5H,1-2,6H2,3H3. The van der Waals surface area contributed by atoms with Crippen LogP contribution in [0.1, 0.15) is 0 Å². The fourth-order valence-corrected chi connectivity index (χ4v) is 2.81. The number of hydrazine groups is 1. The van der Waals surface area contributed by atoms with Crippen LogP contribution in [0.4, 0.5) is 0 Å². The Morgan fingerprint density at radius 3 is 2.25 bits per heavy atom. The predicted molar refractivity (Wildman–Crippen MR) is 60.1 cm³/mol. The minimum absolute atomic E-state index is 0.284. The maximum absolute atomic E-state index is 11.4. The minimum Gasteiger partial charge on any atom is -0.267 e. The zero-order chi connectivity index (χ0) is 12.6. The Morgan fingerprint density at radius 1 is 1.25 bits per heavy atom. The van der Waals surface area contributed by atoms with Crippen LogP contribution in [0.3, 0.4) is 0 Å². The lowest BCUT2D eigenvalue weighted by atomic mass is 11.1. The van der Waals surface area contributed by atoms with E-state index in [2.05, 4.69) is 18.2 Å². The van der Waals surface area contributed by atoms with Crippen LogP contribution < -0.4 is 0 Å². The van der Waals surface area contributed by atoms with Crippen LogP contribution in [-0.4, -0.2) is 45.1 Å². The first-order valence-electron chi connectivity index (χ1n) is 4.07. The molecule has 0 spiro atoms. The average Bonchev–Trinajstić information content (AvgIpc) is 2.61. The van der Waals surface area contributed by atoms with Crippen molar-refractivity contribution in [2.75, 3.05) is 13.7 Å². The maximum atomic E-state index is 11.4. The summed E-state index contributed by atoms with van der Waals surface area (Å²) in [7, 11) is -6.20. The van der Waals surface area contributed by atoms with Crippen LogP contribution in [0.15, 0.2) is 29.0 Å². The van der Waals surface area contributed by atoms with Crippen molar-refractivity contribution in [3.8, 4) is 0 Å². The van der Waals surface area contributed by atoms with Crippen molar-refractivity contribution in [3.05, 3.63) is 24.0 Å². The highest BCUT2D eigenvalue weighted by Gasteiger charge is 2.35. The van der Waals surface area contributed by atoms with E-state index in [0.29, 0.717) is 5.41 Å². The summed E-state index contributed by atoms with van der Waals surface area (Å²) in [6.07, 6.45) is 0. The van der Waals surface area contributed by atoms with Gasteiger partial charge in [0.25, 0.3) is 10.0 Å². The van der Waals surface area contributed by atoms with Crippen LogP contribution in [0.5, 0.6) is 0 Å². The van der Waals surface area contributed by atoms with Crippen molar-refractivity contribution in [1.29, 1.82) is 0 Å². The van der Waals surface area contributed by atoms with Crippen LogP contribution >= 0.6 is 0 Å². The lowest BCUT2D eigenvalue weighted by Gasteiger charge is -2.23. The molecule has 0 radical (unpaired) electrons. The molecule has 0 saturated carbocycles. The molecular formula is C7H11N3O4S2. The summed E-state index contributed by atoms with van der Waals surface area (Å²) in [5, 5.41) is 2.02. The molecular weight excluding hydrogens is 254 g/mol. The van der Waals surface area contributed by atoms with Gasteiger partial charge in [0.15, 0.2) is 0 Å². The van der Waals surface area contributed by atoms with E-state index in [0.717, 1.165) is 14.8 Å². The number of hydrogen-bond donors (Lipinski definition) is 0. The molecule has 1 rings (SSSR count). The van der Waals surface area contributed by atoms with Crippen molar-refractivity contribution >= 4 is 25.0 Å². The Hall–Kier alpha value is -1.19. The van der Waals surface area contributed by atoms with Crippen LogP contribution in [0, 0.1) is 0 Å². The highest BCUT2D eigenvalue weighted by molar-refractivity contribution is 8.08. The monoisotopic (exact) mass is 265 g/mol. The second-order valence-corrected chi connectivity index (χ2v) is 6.42. The number of sulfonamides is 1. The van der Waals surface area contributed by atoms with Crippen molar-refractivity contribution < 1.29 is 16.8 Å². The van der Waals surface area contributed by atoms with Crippen molar-refractivity contribution in [2.24, 2.45) is 4.99 Å². The van der Waals surface area contributed by atoms with E-state index in [-0.39, 0.29) is 11.8 Å². The van der Waals surface area contributed by atoms with Gasteiger partial charge in [-0.05, 0) is 0 Å². The summed E-state index contributed by atoms with van der Waals surface area (Å²) in [6.45, 7) is 5.99. The van der Waals surface area contributed by atoms with Crippen molar-refractivity contribution in [2.45, 2.75) is 0 Å². The summed E-state index contributed by atoms with van der Waals surface area (Å²) in [4.78, 5) is 3.64. The highest BCUT2D eigenvalue weighted by Crippen LogP contribution is 2.16. The third-order valence-electron chi connectivity index (χ3n) is 1.92. The average molecular weight is 265 g/mol. The van der Waals surface area contributed by atoms with Crippen LogP contribution in [0.2, 0.25) is 0 Å². The van der Waals surface area contributed by atoms with E-state index in [1.54, 1.807) is 0 Å². The molecule has 0 fully saturated rings. The number of hydrogen-bond acceptors (Lipinski definition) is 6. The van der Waals surface area contributed by atoms with E-state index >= 15 is 0 Å². The van der Waals surface area contributed by atoms with E-state index in [4.69, 9.17) is 0 Å². The van der Waals surface area contributed by atoms with Gasteiger partial charge in [0.2, 0.25) is 15.0 Å². The minimum atomic E-state index is -3.75. The Morgan fingerprint density at radius 2 is 1.81 bits per heavy atom. The quantitative estimate of drug-likeness (QED) is 0.686. The topological polar surface area (TPSA) is 87.1 Å². The van der Waals surface area contributed by atoms with Gasteiger partial charge in [0.05, 0.1) is 0 Å². The van der Waals surface area contributed by atoms with Gasteiger partial charge in [0, 0.05) is 17.9 Å². The first-order chi connectivity index (χ1) is 7.26. The molecule has 1 heterocycles. The molecule has 0 amide bonds. The lowest BCUT2D eigenvalue weighted by molar-refractivity contribution is 0.220. The van der Waals surface area contributed by atoms with Gasteiger partial charge in [-0.1, -0.05) is 17.6 Å². The molecule has 1 aliphatic rings. The molecule has 0 bridgehead atoms. The molecule has 9 heteroatoms. The van der Waals surface area contributed by atoms with Gasteiger partial charge in [-0.25, -0.2) is 21.8 Å². The summed E-state index contributed by atoms with van der Waals surface area (Å²) in [5.41, 5.74) is 0. The predicted octanol–water partition coefficient (Wildman–Crippen LogP) is -0.506. The summed E-state index contributed by atoms with van der Waals surface area (Å²) in [5.74, 6) is 0. The fourth-order valence-electron chi connectivity index (χ4n) is 1.10. The van der Waals surface area contributed by atoms with E-state index in [1.165, 1.54) is 7.05 Å². The molecule has 0 aromatic heterocycles. The number of rotatable bonds is 3. The second-order valence-electron chi connectivity index (χ2n) is 2.85. The number of nitrogens with zero attached hydrogens (tertiary/aromatic N) is 3. The Bertz CT molecular complexity index is 546. The van der Waals surface area contributed by atoms with Crippen LogP contribution in [0.25, 0.3) is 0 Å². The van der Waals surface area contributed by atoms with Crippen molar-refractivity contribution in [1.82, 2.24) is 9.42 Å². The zero-order valence-corrected chi connectivity index (χ0v) is 10.2. The fraction of sp³-hybridized carbons (Fsp3) is 0.286. The third-order valence-corrected chi connectivity index (χ3v) is 4.63. The van der Waals surface area contributed by atoms with Gasteiger partial charge in [-0.2, -0.15) is 0 Å². The van der Waals surface area contributed by atoms with Gasteiger partial charge < -0.3 is 0 Å². The summed E-state index contributed by atoms with van der Waals surface area (Å²) < 4.78 is 46.5. The molecule has 0 aromatic rings. The summed E-state index contributed by atoms with van der Waals surface area (Å²) >= 11 is 0. The summed E-state index contributed by atoms with van der Waals surface area (Å²) in [6, 6.07) is 0. The SMILES string of the molecule is C=CS(=O)(=O)C1=NCN(S(=O)(=O)C=C)N1C. The number of sulfone groups is 1. The largest absolute Gasteiger partial charge is 0.267 e. The molecule has 7 nitrogen and oxygen atoms in total. The van der Waals surface area contributed by atoms with Gasteiger partial charge >= 0.3 is 0 Å². The van der Waals surface area contributed by atoms with Gasteiger partial charge in [-0.15, -0.1) is 0 Å². The zero-order valence-electron chi connectivity index (χ0n) is 8.57. The second kappa shape index (κ2) is 4.00. The van der Waals surface area contributed by atoms with Gasteiger partial charge in [0.1, 0.15) is 6.67 Å². The molecule has 0 N–H and O–H groups in total. The molecule has 0 aliphatic carbocycles. The van der Waals surface area contributed by atoms with E-state index < -0.39 is 19.9 Å². The van der Waals surface area contributed by atoms with Crippen molar-refractivity contribution in [3.63, 3.8) is 0 Å². The van der Waals surface area contributed by atoms with Crippen LogP contribution in [-0.2, 0) is 19.9 Å². The molecule has 0 unspecified atom stereocenters. The lowest BCUT2D eigenvalue weighted by Crippen LogP contribution is -2.43. The van der Waals surface area contributed by atoms with Gasteiger partial charge in [-0.3, -0.25) is 5.01 Å². The Balaban J connectivity index is 3.12. The highest BCUT2D eigenvalue weighted by atomic mass is 32.2. The Kier molecular flexibility index (Phi) is 3.22.